The van der Waals surface area contributed by atoms with E-state index in [9.17, 15) is 19.5 Å². The minimum absolute atomic E-state index is 0.0179. The predicted octanol–water partition coefficient (Wildman–Crippen LogP) is 1.54. The predicted molar refractivity (Wildman–Crippen MR) is 76.5 cm³/mol. The summed E-state index contributed by atoms with van der Waals surface area (Å²) in [7, 11) is 1.34. The number of esters is 1. The molecular formula is C15H25NO5. The number of aliphatic carboxylic acids is 1. The van der Waals surface area contributed by atoms with Gasteiger partial charge < -0.3 is 14.7 Å². The number of carbonyl (C=O) groups is 3. The Morgan fingerprint density at radius 1 is 1.24 bits per heavy atom. The van der Waals surface area contributed by atoms with Crippen LogP contribution in [0.2, 0.25) is 0 Å². The molecule has 0 spiro atoms. The van der Waals surface area contributed by atoms with E-state index in [1.165, 1.54) is 7.11 Å². The molecule has 0 radical (unpaired) electrons. The van der Waals surface area contributed by atoms with E-state index in [4.69, 9.17) is 4.74 Å². The molecule has 0 aromatic heterocycles. The van der Waals surface area contributed by atoms with E-state index in [1.54, 1.807) is 18.7 Å². The zero-order chi connectivity index (χ0) is 16.2. The van der Waals surface area contributed by atoms with E-state index < -0.39 is 11.4 Å². The number of rotatable bonds is 6. The molecule has 1 rings (SSSR count). The van der Waals surface area contributed by atoms with Gasteiger partial charge in [0, 0.05) is 19.5 Å². The van der Waals surface area contributed by atoms with Crippen LogP contribution in [0.5, 0.6) is 0 Å². The molecule has 1 N–H and O–H groups in total. The monoisotopic (exact) mass is 299 g/mol. The second-order valence-corrected chi connectivity index (χ2v) is 5.88. The summed E-state index contributed by atoms with van der Waals surface area (Å²) < 4.78 is 4.74. The SMILES string of the molecule is CCC(CC)(CC(=O)N1CC(C)C(C(=O)OC)C1)C(=O)O. The minimum Gasteiger partial charge on any atom is -0.481 e. The van der Waals surface area contributed by atoms with Crippen molar-refractivity contribution in [3.8, 4) is 0 Å². The largest absolute Gasteiger partial charge is 0.481 e. The van der Waals surface area contributed by atoms with Gasteiger partial charge >= 0.3 is 11.9 Å². The Morgan fingerprint density at radius 3 is 2.24 bits per heavy atom. The third-order valence-electron chi connectivity index (χ3n) is 4.77. The lowest BCUT2D eigenvalue weighted by molar-refractivity contribution is -0.154. The van der Waals surface area contributed by atoms with E-state index in [1.807, 2.05) is 6.92 Å². The summed E-state index contributed by atoms with van der Waals surface area (Å²) in [6, 6.07) is 0. The van der Waals surface area contributed by atoms with Gasteiger partial charge in [0.1, 0.15) is 0 Å². The van der Waals surface area contributed by atoms with Crippen molar-refractivity contribution in [3.63, 3.8) is 0 Å². The third kappa shape index (κ3) is 3.54. The maximum Gasteiger partial charge on any atom is 0.310 e. The van der Waals surface area contributed by atoms with Gasteiger partial charge in [0.25, 0.3) is 0 Å². The molecule has 1 aliphatic heterocycles. The van der Waals surface area contributed by atoms with Crippen LogP contribution in [0.4, 0.5) is 0 Å². The molecule has 2 unspecified atom stereocenters. The summed E-state index contributed by atoms with van der Waals surface area (Å²) in [6.07, 6.45) is 0.804. The van der Waals surface area contributed by atoms with Gasteiger partial charge in [0.2, 0.25) is 5.91 Å². The van der Waals surface area contributed by atoms with Crippen LogP contribution in [0.1, 0.15) is 40.0 Å². The van der Waals surface area contributed by atoms with E-state index >= 15 is 0 Å². The molecular weight excluding hydrogens is 274 g/mol. The Kier molecular flexibility index (Phi) is 5.75. The number of nitrogens with zero attached hydrogens (tertiary/aromatic N) is 1. The zero-order valence-electron chi connectivity index (χ0n) is 13.2. The summed E-state index contributed by atoms with van der Waals surface area (Å²) in [6.45, 7) is 6.26. The Bertz CT molecular complexity index is 416. The first-order valence-corrected chi connectivity index (χ1v) is 7.40. The van der Waals surface area contributed by atoms with Gasteiger partial charge in [0.15, 0.2) is 0 Å². The normalized spacial score (nSPS) is 22.2. The lowest BCUT2D eigenvalue weighted by Crippen LogP contribution is -2.38. The average Bonchev–Trinajstić information content (AvgIpc) is 2.85. The Hall–Kier alpha value is -1.59. The first-order valence-electron chi connectivity index (χ1n) is 7.40. The number of ether oxygens (including phenoxy) is 1. The molecule has 1 aliphatic rings. The molecule has 6 nitrogen and oxygen atoms in total. The van der Waals surface area contributed by atoms with Crippen molar-refractivity contribution in [3.05, 3.63) is 0 Å². The van der Waals surface area contributed by atoms with Gasteiger partial charge in [0.05, 0.1) is 18.4 Å². The fraction of sp³-hybridized carbons (Fsp3) is 0.800. The van der Waals surface area contributed by atoms with Crippen LogP contribution in [-0.2, 0) is 19.1 Å². The van der Waals surface area contributed by atoms with Gasteiger partial charge in [-0.1, -0.05) is 20.8 Å². The average molecular weight is 299 g/mol. The molecule has 1 amide bonds. The molecule has 21 heavy (non-hydrogen) atoms. The first kappa shape index (κ1) is 17.5. The van der Waals surface area contributed by atoms with E-state index in [0.29, 0.717) is 25.9 Å². The second kappa shape index (κ2) is 6.91. The highest BCUT2D eigenvalue weighted by Gasteiger charge is 2.42. The molecule has 1 saturated heterocycles. The highest BCUT2D eigenvalue weighted by atomic mass is 16.5. The standard InChI is InChI=1S/C15H25NO5/c1-5-15(6-2,14(19)20)7-12(17)16-8-10(3)11(9-16)13(18)21-4/h10-11H,5-9H2,1-4H3,(H,19,20). The van der Waals surface area contributed by atoms with Gasteiger partial charge in [-0.3, -0.25) is 14.4 Å². The highest BCUT2D eigenvalue weighted by Crippen LogP contribution is 2.33. The van der Waals surface area contributed by atoms with E-state index in [2.05, 4.69) is 0 Å². The molecule has 2 atom stereocenters. The second-order valence-electron chi connectivity index (χ2n) is 5.88. The molecule has 0 saturated carbocycles. The Balaban J connectivity index is 2.77. The number of amides is 1. The first-order chi connectivity index (χ1) is 9.81. The molecule has 120 valence electrons. The topological polar surface area (TPSA) is 83.9 Å². The zero-order valence-corrected chi connectivity index (χ0v) is 13.2. The van der Waals surface area contributed by atoms with Crippen LogP contribution in [0.25, 0.3) is 0 Å². The lowest BCUT2D eigenvalue weighted by Gasteiger charge is -2.28. The van der Waals surface area contributed by atoms with Crippen LogP contribution in [-0.4, -0.2) is 48.1 Å². The molecule has 0 aliphatic carbocycles. The van der Waals surface area contributed by atoms with Crippen molar-refractivity contribution in [2.45, 2.75) is 40.0 Å². The fourth-order valence-electron chi connectivity index (χ4n) is 2.91. The van der Waals surface area contributed by atoms with Gasteiger partial charge in [-0.15, -0.1) is 0 Å². The van der Waals surface area contributed by atoms with E-state index in [-0.39, 0.29) is 30.1 Å². The number of carboxylic acids is 1. The Labute approximate surface area is 125 Å². The third-order valence-corrected chi connectivity index (χ3v) is 4.77. The van der Waals surface area contributed by atoms with Crippen molar-refractivity contribution in [1.82, 2.24) is 4.90 Å². The fourth-order valence-corrected chi connectivity index (χ4v) is 2.91. The summed E-state index contributed by atoms with van der Waals surface area (Å²) >= 11 is 0. The number of methoxy groups -OCH3 is 1. The molecule has 0 aromatic rings. The van der Waals surface area contributed by atoms with Crippen LogP contribution < -0.4 is 0 Å². The lowest BCUT2D eigenvalue weighted by atomic mass is 9.79. The Morgan fingerprint density at radius 2 is 1.81 bits per heavy atom. The molecule has 1 fully saturated rings. The summed E-state index contributed by atoms with van der Waals surface area (Å²) in [5, 5.41) is 9.40. The number of hydrogen-bond donors (Lipinski definition) is 1. The van der Waals surface area contributed by atoms with Crippen LogP contribution in [0, 0.1) is 17.3 Å². The summed E-state index contributed by atoms with van der Waals surface area (Å²) in [4.78, 5) is 37.1. The van der Waals surface area contributed by atoms with Crippen molar-refractivity contribution >= 4 is 17.8 Å². The van der Waals surface area contributed by atoms with E-state index in [0.717, 1.165) is 0 Å². The number of likely N-dealkylation sites (tertiary alicyclic amines) is 1. The summed E-state index contributed by atoms with van der Waals surface area (Å²) in [5.74, 6) is -1.73. The van der Waals surface area contributed by atoms with Gasteiger partial charge in [-0.25, -0.2) is 0 Å². The molecule has 1 heterocycles. The summed E-state index contributed by atoms with van der Waals surface area (Å²) in [5.41, 5.74) is -1.01. The highest BCUT2D eigenvalue weighted by molar-refractivity contribution is 5.86. The van der Waals surface area contributed by atoms with Crippen LogP contribution in [0.3, 0.4) is 0 Å². The maximum absolute atomic E-state index is 12.4. The number of hydrogen-bond acceptors (Lipinski definition) is 4. The number of carboxylic acid groups (broad SMARTS) is 1. The molecule has 0 aromatic carbocycles. The van der Waals surface area contributed by atoms with Crippen molar-refractivity contribution in [2.24, 2.45) is 17.3 Å². The van der Waals surface area contributed by atoms with Crippen molar-refractivity contribution < 1.29 is 24.2 Å². The van der Waals surface area contributed by atoms with Crippen molar-refractivity contribution in [1.29, 1.82) is 0 Å². The smallest absolute Gasteiger partial charge is 0.310 e. The number of carbonyl (C=O) groups excluding carboxylic acids is 2. The van der Waals surface area contributed by atoms with Crippen molar-refractivity contribution in [2.75, 3.05) is 20.2 Å². The maximum atomic E-state index is 12.4. The van der Waals surface area contributed by atoms with Gasteiger partial charge in [-0.05, 0) is 18.8 Å². The van der Waals surface area contributed by atoms with Crippen LogP contribution >= 0.6 is 0 Å². The molecule has 0 bridgehead atoms. The van der Waals surface area contributed by atoms with Crippen LogP contribution in [0.15, 0.2) is 0 Å². The van der Waals surface area contributed by atoms with Gasteiger partial charge in [-0.2, -0.15) is 0 Å². The minimum atomic E-state index is -1.01. The molecule has 6 heteroatoms. The quantitative estimate of drug-likeness (QED) is 0.752.